The van der Waals surface area contributed by atoms with Gasteiger partial charge in [0, 0.05) is 37.2 Å². The van der Waals surface area contributed by atoms with Crippen LogP contribution >= 0.6 is 0 Å². The third-order valence-corrected chi connectivity index (χ3v) is 8.96. The molecule has 2 aromatic heterocycles. The summed E-state index contributed by atoms with van der Waals surface area (Å²) < 4.78 is 25.7. The minimum Gasteiger partial charge on any atom is -0.393 e. The topological polar surface area (TPSA) is 123 Å². The van der Waals surface area contributed by atoms with Crippen LogP contribution in [0.25, 0.3) is 11.0 Å². The molecule has 5 rings (SSSR count). The number of sulfone groups is 1. The molecular weight excluding hydrogens is 488 g/mol. The number of aromatic amines is 1. The summed E-state index contributed by atoms with van der Waals surface area (Å²) in [6.45, 7) is 5.36. The first-order valence-electron chi connectivity index (χ1n) is 12.5. The van der Waals surface area contributed by atoms with Crippen LogP contribution in [0.1, 0.15) is 32.3 Å². The Kier molecular flexibility index (Phi) is 7.03. The fourth-order valence-corrected chi connectivity index (χ4v) is 5.78. The average Bonchev–Trinajstić information content (AvgIpc) is 3.37. The van der Waals surface area contributed by atoms with E-state index in [1.807, 2.05) is 30.3 Å². The van der Waals surface area contributed by atoms with E-state index in [2.05, 4.69) is 42.6 Å². The Bertz CT molecular complexity index is 1480. The lowest BCUT2D eigenvalue weighted by Crippen LogP contribution is -2.35. The highest BCUT2D eigenvalue weighted by Crippen LogP contribution is 2.27. The zero-order chi connectivity index (χ0) is 26.0. The van der Waals surface area contributed by atoms with Crippen LogP contribution in [0.2, 0.25) is 0 Å². The number of fused-ring (bicyclic) bond motifs is 1. The van der Waals surface area contributed by atoms with Crippen molar-refractivity contribution in [2.75, 3.05) is 28.6 Å². The fourth-order valence-electron chi connectivity index (χ4n) is 4.50. The second-order valence-electron chi connectivity index (χ2n) is 9.58. The number of nitrogens with zero attached hydrogens (tertiary/aromatic N) is 3. The van der Waals surface area contributed by atoms with E-state index in [0.717, 1.165) is 48.3 Å². The van der Waals surface area contributed by atoms with Crippen molar-refractivity contribution in [1.82, 2.24) is 15.0 Å². The molecule has 0 amide bonds. The number of anilines is 4. The zero-order valence-corrected chi connectivity index (χ0v) is 21.8. The Hall–Kier alpha value is -3.63. The van der Waals surface area contributed by atoms with Gasteiger partial charge in [0.05, 0.1) is 21.8 Å². The Balaban J connectivity index is 1.35. The van der Waals surface area contributed by atoms with Crippen molar-refractivity contribution in [3.63, 3.8) is 0 Å². The maximum atomic E-state index is 12.8. The van der Waals surface area contributed by atoms with E-state index in [9.17, 15) is 13.5 Å². The van der Waals surface area contributed by atoms with Gasteiger partial charge in [-0.2, -0.15) is 4.98 Å². The van der Waals surface area contributed by atoms with Gasteiger partial charge >= 0.3 is 0 Å². The van der Waals surface area contributed by atoms with Crippen molar-refractivity contribution >= 4 is 44.0 Å². The van der Waals surface area contributed by atoms with E-state index in [-0.39, 0.29) is 6.10 Å². The summed E-state index contributed by atoms with van der Waals surface area (Å²) >= 11 is 0. The van der Waals surface area contributed by atoms with Crippen LogP contribution in [0.5, 0.6) is 0 Å². The molecule has 1 fully saturated rings. The van der Waals surface area contributed by atoms with E-state index in [1.165, 1.54) is 0 Å². The lowest BCUT2D eigenvalue weighted by atomic mass is 10.1. The van der Waals surface area contributed by atoms with Crippen molar-refractivity contribution in [2.45, 2.75) is 49.5 Å². The van der Waals surface area contributed by atoms with Crippen molar-refractivity contribution < 1.29 is 13.5 Å². The molecule has 10 heteroatoms. The molecule has 0 unspecified atom stereocenters. The molecule has 0 spiro atoms. The van der Waals surface area contributed by atoms with E-state index >= 15 is 0 Å². The lowest BCUT2D eigenvalue weighted by Gasteiger charge is -2.31. The summed E-state index contributed by atoms with van der Waals surface area (Å²) in [6, 6.07) is 17.0. The van der Waals surface area contributed by atoms with Crippen molar-refractivity contribution in [2.24, 2.45) is 0 Å². The highest BCUT2D eigenvalue weighted by atomic mass is 32.2. The van der Waals surface area contributed by atoms with Gasteiger partial charge in [-0.25, -0.2) is 13.4 Å². The van der Waals surface area contributed by atoms with Crippen molar-refractivity contribution in [3.05, 3.63) is 66.4 Å². The standard InChI is InChI=1S/C27H32N6O3S/c1-18(2)37(35,36)24-6-4-3-5-19(24)17-29-26-25-23(11-14-28-25)31-27(32-26)30-20-7-9-21(10-8-20)33-15-12-22(34)13-16-33/h3-11,14,18,22,28,34H,12-13,15-17H2,1-2H3,(H2,29,30,31,32). The first kappa shape index (κ1) is 25.0. The van der Waals surface area contributed by atoms with Crippen LogP contribution in [-0.2, 0) is 16.4 Å². The minimum absolute atomic E-state index is 0.200. The molecular formula is C27H32N6O3S. The predicted molar refractivity (Wildman–Crippen MR) is 147 cm³/mol. The van der Waals surface area contributed by atoms with E-state index in [0.29, 0.717) is 28.8 Å². The van der Waals surface area contributed by atoms with Crippen LogP contribution < -0.4 is 15.5 Å². The second-order valence-corrected chi connectivity index (χ2v) is 12.1. The summed E-state index contributed by atoms with van der Waals surface area (Å²) in [5, 5.41) is 15.8. The van der Waals surface area contributed by atoms with Crippen LogP contribution in [0.3, 0.4) is 0 Å². The number of hydrogen-bond donors (Lipinski definition) is 4. The average molecular weight is 521 g/mol. The third-order valence-electron chi connectivity index (χ3n) is 6.70. The molecule has 0 radical (unpaired) electrons. The van der Waals surface area contributed by atoms with Gasteiger partial charge < -0.3 is 25.6 Å². The normalized spacial score (nSPS) is 14.9. The summed E-state index contributed by atoms with van der Waals surface area (Å²) in [4.78, 5) is 15.1. The fraction of sp³-hybridized carbons (Fsp3) is 0.333. The van der Waals surface area contributed by atoms with Crippen molar-refractivity contribution in [1.29, 1.82) is 0 Å². The number of nitrogens with one attached hydrogen (secondary N) is 3. The smallest absolute Gasteiger partial charge is 0.229 e. The van der Waals surface area contributed by atoms with Gasteiger partial charge in [-0.1, -0.05) is 18.2 Å². The van der Waals surface area contributed by atoms with Crippen molar-refractivity contribution in [3.8, 4) is 0 Å². The monoisotopic (exact) mass is 520 g/mol. The molecule has 0 bridgehead atoms. The molecule has 3 heterocycles. The number of H-pyrrole nitrogens is 1. The molecule has 0 atom stereocenters. The van der Waals surface area contributed by atoms with Crippen LogP contribution in [-0.4, -0.2) is 52.9 Å². The van der Waals surface area contributed by atoms with E-state index < -0.39 is 15.1 Å². The number of aromatic nitrogens is 3. The zero-order valence-electron chi connectivity index (χ0n) is 21.0. The number of piperidine rings is 1. The van der Waals surface area contributed by atoms with Crippen LogP contribution in [0, 0.1) is 0 Å². The molecule has 4 aromatic rings. The number of rotatable bonds is 8. The molecule has 9 nitrogen and oxygen atoms in total. The highest BCUT2D eigenvalue weighted by Gasteiger charge is 2.22. The molecule has 1 saturated heterocycles. The molecule has 2 aromatic carbocycles. The highest BCUT2D eigenvalue weighted by molar-refractivity contribution is 7.92. The Labute approximate surface area is 216 Å². The molecule has 1 aliphatic heterocycles. The Morgan fingerprint density at radius 2 is 1.78 bits per heavy atom. The summed E-state index contributed by atoms with van der Waals surface area (Å²) in [7, 11) is -3.42. The van der Waals surface area contributed by atoms with E-state index in [4.69, 9.17) is 0 Å². The number of aliphatic hydroxyl groups excluding tert-OH is 1. The molecule has 0 saturated carbocycles. The first-order chi connectivity index (χ1) is 17.8. The lowest BCUT2D eigenvalue weighted by molar-refractivity contribution is 0.145. The maximum absolute atomic E-state index is 12.8. The quantitative estimate of drug-likeness (QED) is 0.269. The largest absolute Gasteiger partial charge is 0.393 e. The van der Waals surface area contributed by atoms with Gasteiger partial charge in [0.25, 0.3) is 0 Å². The summed E-state index contributed by atoms with van der Waals surface area (Å²) in [5.74, 6) is 1.02. The summed E-state index contributed by atoms with van der Waals surface area (Å²) in [6.07, 6.45) is 3.17. The van der Waals surface area contributed by atoms with E-state index in [1.54, 1.807) is 32.2 Å². The van der Waals surface area contributed by atoms with Gasteiger partial charge in [0.1, 0.15) is 5.52 Å². The maximum Gasteiger partial charge on any atom is 0.229 e. The predicted octanol–water partition coefficient (Wildman–Crippen LogP) is 4.46. The van der Waals surface area contributed by atoms with Gasteiger partial charge in [-0.3, -0.25) is 0 Å². The van der Waals surface area contributed by atoms with Gasteiger partial charge in [0.15, 0.2) is 15.7 Å². The summed E-state index contributed by atoms with van der Waals surface area (Å²) in [5.41, 5.74) is 4.15. The van der Waals surface area contributed by atoms with Crippen LogP contribution in [0.4, 0.5) is 23.1 Å². The van der Waals surface area contributed by atoms with Gasteiger partial charge in [-0.15, -0.1) is 0 Å². The molecule has 1 aliphatic rings. The molecule has 4 N–H and O–H groups in total. The molecule has 0 aliphatic carbocycles. The molecule has 37 heavy (non-hydrogen) atoms. The SMILES string of the molecule is CC(C)S(=O)(=O)c1ccccc1CNc1nc(Nc2ccc(N3CCC(O)CC3)cc2)nc2cc[nH]c12. The first-order valence-corrected chi connectivity index (χ1v) is 14.1. The number of aliphatic hydroxyl groups is 1. The minimum atomic E-state index is -3.42. The van der Waals surface area contributed by atoms with Gasteiger partial charge in [0.2, 0.25) is 5.95 Å². The Morgan fingerprint density at radius 3 is 2.51 bits per heavy atom. The van der Waals surface area contributed by atoms with Gasteiger partial charge in [-0.05, 0) is 68.7 Å². The number of benzene rings is 2. The molecule has 194 valence electrons. The second kappa shape index (κ2) is 10.4. The Morgan fingerprint density at radius 1 is 1.05 bits per heavy atom. The number of hydrogen-bond acceptors (Lipinski definition) is 8. The van der Waals surface area contributed by atoms with Crippen LogP contribution in [0.15, 0.2) is 65.7 Å². The third kappa shape index (κ3) is 5.40.